The molecule has 6 heteroatoms. The molecule has 0 aliphatic heterocycles. The minimum Gasteiger partial charge on any atom is -0.370 e. The largest absolute Gasteiger partial charge is 0.370 e. The van der Waals surface area contributed by atoms with Crippen LogP contribution in [-0.4, -0.2) is 16.5 Å². The third kappa shape index (κ3) is 3.08. The minimum atomic E-state index is -0.426. The second-order valence-electron chi connectivity index (χ2n) is 5.23. The van der Waals surface area contributed by atoms with E-state index in [1.54, 1.807) is 6.07 Å². The van der Waals surface area contributed by atoms with Crippen LogP contribution >= 0.6 is 11.6 Å². The van der Waals surface area contributed by atoms with Crippen LogP contribution in [0.4, 0.5) is 11.5 Å². The van der Waals surface area contributed by atoms with Crippen LogP contribution in [0.25, 0.3) is 10.9 Å². The highest BCUT2D eigenvalue weighted by atomic mass is 35.5. The number of nitro groups is 1. The van der Waals surface area contributed by atoms with Gasteiger partial charge in [-0.2, -0.15) is 0 Å². The summed E-state index contributed by atoms with van der Waals surface area (Å²) in [5.74, 6) is 0.946. The third-order valence-electron chi connectivity index (χ3n) is 3.30. The Kier molecular flexibility index (Phi) is 4.63. The second kappa shape index (κ2) is 6.26. The number of nitro benzene ring substituents is 1. The van der Waals surface area contributed by atoms with Crippen LogP contribution in [0.2, 0.25) is 5.02 Å². The molecule has 0 bridgehead atoms. The van der Waals surface area contributed by atoms with Crippen LogP contribution in [0.3, 0.4) is 0 Å². The van der Waals surface area contributed by atoms with Crippen molar-refractivity contribution < 1.29 is 4.92 Å². The Morgan fingerprint density at radius 3 is 2.71 bits per heavy atom. The number of hydrogen-bond acceptors (Lipinski definition) is 4. The summed E-state index contributed by atoms with van der Waals surface area (Å²) in [6.45, 7) is 6.95. The second-order valence-corrected chi connectivity index (χ2v) is 5.63. The number of nitrogens with zero attached hydrogens (tertiary/aromatic N) is 2. The van der Waals surface area contributed by atoms with Crippen LogP contribution in [0.5, 0.6) is 0 Å². The molecule has 0 aliphatic rings. The third-order valence-corrected chi connectivity index (χ3v) is 3.63. The van der Waals surface area contributed by atoms with Gasteiger partial charge in [0.1, 0.15) is 5.82 Å². The maximum Gasteiger partial charge on any atom is 0.295 e. The molecule has 0 saturated carbocycles. The zero-order valence-corrected chi connectivity index (χ0v) is 13.1. The fourth-order valence-electron chi connectivity index (χ4n) is 2.20. The first-order valence-corrected chi connectivity index (χ1v) is 7.34. The smallest absolute Gasteiger partial charge is 0.295 e. The number of rotatable bonds is 5. The molecule has 112 valence electrons. The van der Waals surface area contributed by atoms with Gasteiger partial charge in [-0.05, 0) is 30.0 Å². The molecule has 1 aromatic heterocycles. The predicted octanol–water partition coefficient (Wildman–Crippen LogP) is 4.74. The van der Waals surface area contributed by atoms with Gasteiger partial charge in [0, 0.05) is 18.0 Å². The van der Waals surface area contributed by atoms with Crippen molar-refractivity contribution in [2.45, 2.75) is 33.1 Å². The molecule has 21 heavy (non-hydrogen) atoms. The van der Waals surface area contributed by atoms with Gasteiger partial charge in [-0.25, -0.2) is 4.98 Å². The van der Waals surface area contributed by atoms with E-state index < -0.39 is 4.92 Å². The van der Waals surface area contributed by atoms with E-state index in [9.17, 15) is 10.1 Å². The number of pyridine rings is 1. The molecule has 2 aromatic rings. The van der Waals surface area contributed by atoms with E-state index in [0.29, 0.717) is 21.7 Å². The normalized spacial score (nSPS) is 11.1. The zero-order valence-electron chi connectivity index (χ0n) is 12.3. The topological polar surface area (TPSA) is 68.1 Å². The van der Waals surface area contributed by atoms with Crippen molar-refractivity contribution in [1.29, 1.82) is 0 Å². The Bertz CT molecular complexity index is 686. The quantitative estimate of drug-likeness (QED) is 0.640. The van der Waals surface area contributed by atoms with E-state index in [4.69, 9.17) is 11.6 Å². The molecule has 0 spiro atoms. The van der Waals surface area contributed by atoms with E-state index in [1.807, 2.05) is 6.07 Å². The maximum absolute atomic E-state index is 11.2. The molecule has 1 aromatic carbocycles. The van der Waals surface area contributed by atoms with Crippen molar-refractivity contribution in [1.82, 2.24) is 4.98 Å². The molecule has 5 nitrogen and oxygen atoms in total. The first kappa shape index (κ1) is 15.5. The van der Waals surface area contributed by atoms with Crippen molar-refractivity contribution in [3.05, 3.63) is 38.9 Å². The number of aromatic nitrogens is 1. The fraction of sp³-hybridized carbons (Fsp3) is 0.400. The Morgan fingerprint density at radius 1 is 1.43 bits per heavy atom. The number of hydrogen-bond donors (Lipinski definition) is 1. The van der Waals surface area contributed by atoms with Crippen molar-refractivity contribution in [2.24, 2.45) is 0 Å². The molecule has 0 fully saturated rings. The summed E-state index contributed by atoms with van der Waals surface area (Å²) in [5.41, 5.74) is 1.32. The van der Waals surface area contributed by atoms with E-state index in [-0.39, 0.29) is 11.6 Å². The molecule has 0 radical (unpaired) electrons. The van der Waals surface area contributed by atoms with Gasteiger partial charge in [0.15, 0.2) is 5.52 Å². The van der Waals surface area contributed by atoms with Crippen LogP contribution < -0.4 is 5.32 Å². The summed E-state index contributed by atoms with van der Waals surface area (Å²) in [7, 11) is 0. The number of fused-ring (bicyclic) bond motifs is 1. The highest BCUT2D eigenvalue weighted by Crippen LogP contribution is 2.35. The highest BCUT2D eigenvalue weighted by molar-refractivity contribution is 6.35. The molecule has 0 aliphatic carbocycles. The monoisotopic (exact) mass is 307 g/mol. The van der Waals surface area contributed by atoms with Crippen LogP contribution in [-0.2, 0) is 0 Å². The molecule has 0 unspecified atom stereocenters. The average molecular weight is 308 g/mol. The van der Waals surface area contributed by atoms with Crippen molar-refractivity contribution in [2.75, 3.05) is 11.9 Å². The van der Waals surface area contributed by atoms with Gasteiger partial charge in [0.2, 0.25) is 0 Å². The minimum absolute atomic E-state index is 0.0238. The lowest BCUT2D eigenvalue weighted by atomic mass is 10.0. The lowest BCUT2D eigenvalue weighted by Gasteiger charge is -2.15. The Hall–Kier alpha value is -1.88. The molecule has 0 amide bonds. The van der Waals surface area contributed by atoms with Crippen molar-refractivity contribution in [3.63, 3.8) is 0 Å². The van der Waals surface area contributed by atoms with Crippen LogP contribution in [0.1, 0.15) is 38.7 Å². The summed E-state index contributed by atoms with van der Waals surface area (Å²) >= 11 is 6.18. The highest BCUT2D eigenvalue weighted by Gasteiger charge is 2.19. The van der Waals surface area contributed by atoms with E-state index >= 15 is 0 Å². The molecule has 1 N–H and O–H groups in total. The number of anilines is 1. The standard InChI is InChI=1S/C15H18ClN3O2/c1-4-7-17-15-10(9(2)3)8-11-12(16)5-6-13(19(20)21)14(11)18-15/h5-6,8-9H,4,7H2,1-3H3,(H,17,18). The van der Waals surface area contributed by atoms with Crippen molar-refractivity contribution in [3.8, 4) is 0 Å². The maximum atomic E-state index is 11.2. The molecule has 2 rings (SSSR count). The van der Waals surface area contributed by atoms with Gasteiger partial charge in [-0.15, -0.1) is 0 Å². The summed E-state index contributed by atoms with van der Waals surface area (Å²) < 4.78 is 0. The Labute approximate surface area is 128 Å². The molecular formula is C15H18ClN3O2. The fourth-order valence-corrected chi connectivity index (χ4v) is 2.41. The van der Waals surface area contributed by atoms with Gasteiger partial charge >= 0.3 is 0 Å². The SMILES string of the molecule is CCCNc1nc2c([N+](=O)[O-])ccc(Cl)c2cc1C(C)C. The summed E-state index contributed by atoms with van der Waals surface area (Å²) in [5, 5.41) is 15.5. The predicted molar refractivity (Wildman–Crippen MR) is 86.3 cm³/mol. The Balaban J connectivity index is 2.73. The molecule has 1 heterocycles. The Morgan fingerprint density at radius 2 is 2.14 bits per heavy atom. The van der Waals surface area contributed by atoms with Gasteiger partial charge < -0.3 is 5.32 Å². The zero-order chi connectivity index (χ0) is 15.6. The van der Waals surface area contributed by atoms with Crippen LogP contribution in [0.15, 0.2) is 18.2 Å². The summed E-state index contributed by atoms with van der Waals surface area (Å²) in [4.78, 5) is 15.2. The van der Waals surface area contributed by atoms with Crippen molar-refractivity contribution >= 4 is 34.0 Å². The van der Waals surface area contributed by atoms with Gasteiger partial charge in [-0.1, -0.05) is 32.4 Å². The summed E-state index contributed by atoms with van der Waals surface area (Å²) in [6, 6.07) is 4.85. The first-order chi connectivity index (χ1) is 9.95. The lowest BCUT2D eigenvalue weighted by Crippen LogP contribution is -2.07. The van der Waals surface area contributed by atoms with Gasteiger partial charge in [0.05, 0.1) is 9.95 Å². The van der Waals surface area contributed by atoms with E-state index in [0.717, 1.165) is 18.5 Å². The van der Waals surface area contributed by atoms with Crippen LogP contribution in [0, 0.1) is 10.1 Å². The summed E-state index contributed by atoms with van der Waals surface area (Å²) in [6.07, 6.45) is 0.953. The lowest BCUT2D eigenvalue weighted by molar-refractivity contribution is -0.383. The molecule has 0 atom stereocenters. The van der Waals surface area contributed by atoms with E-state index in [2.05, 4.69) is 31.1 Å². The average Bonchev–Trinajstić information content (AvgIpc) is 2.44. The molecule has 0 saturated heterocycles. The van der Waals surface area contributed by atoms with Gasteiger partial charge in [0.25, 0.3) is 5.69 Å². The number of nitrogens with one attached hydrogen (secondary N) is 1. The first-order valence-electron chi connectivity index (χ1n) is 6.97. The number of benzene rings is 1. The molecular weight excluding hydrogens is 290 g/mol. The number of halogens is 1. The number of non-ortho nitro benzene ring substituents is 1. The van der Waals surface area contributed by atoms with E-state index in [1.165, 1.54) is 6.07 Å². The van der Waals surface area contributed by atoms with Gasteiger partial charge in [-0.3, -0.25) is 10.1 Å².